The van der Waals surface area contributed by atoms with E-state index in [9.17, 15) is 5.11 Å². The minimum absolute atomic E-state index is 0.216. The summed E-state index contributed by atoms with van der Waals surface area (Å²) < 4.78 is 10.3. The third-order valence-corrected chi connectivity index (χ3v) is 3.96. The van der Waals surface area contributed by atoms with Gasteiger partial charge in [0, 0.05) is 33.4 Å². The van der Waals surface area contributed by atoms with Crippen molar-refractivity contribution >= 4 is 0 Å². The first-order chi connectivity index (χ1) is 8.50. The van der Waals surface area contributed by atoms with E-state index in [4.69, 9.17) is 9.47 Å². The maximum absolute atomic E-state index is 10.2. The molecular weight excluding hydrogens is 230 g/mol. The second kappa shape index (κ2) is 7.43. The molecule has 1 aliphatic rings. The fourth-order valence-electron chi connectivity index (χ4n) is 2.77. The predicted octanol–water partition coefficient (Wildman–Crippen LogP) is 1.52. The van der Waals surface area contributed by atoms with Gasteiger partial charge in [0.25, 0.3) is 0 Å². The molecule has 0 saturated heterocycles. The molecule has 108 valence electrons. The number of nitrogens with zero attached hydrogens (tertiary/aromatic N) is 1. The highest BCUT2D eigenvalue weighted by Crippen LogP contribution is 2.37. The fraction of sp³-hybridized carbons (Fsp3) is 1.00. The molecule has 0 spiro atoms. The van der Waals surface area contributed by atoms with E-state index in [-0.39, 0.29) is 12.1 Å². The molecule has 1 saturated carbocycles. The summed E-state index contributed by atoms with van der Waals surface area (Å²) in [6.07, 6.45) is 2.83. The van der Waals surface area contributed by atoms with Gasteiger partial charge in [-0.15, -0.1) is 0 Å². The van der Waals surface area contributed by atoms with Crippen molar-refractivity contribution < 1.29 is 14.6 Å². The zero-order valence-corrected chi connectivity index (χ0v) is 12.3. The maximum atomic E-state index is 10.2. The molecule has 2 unspecified atom stereocenters. The first kappa shape index (κ1) is 15.9. The smallest absolute Gasteiger partial charge is 0.0695 e. The molecule has 0 aromatic heterocycles. The number of methoxy groups -OCH3 is 2. The minimum Gasteiger partial charge on any atom is -0.391 e. The Balaban J connectivity index is 2.62. The second-order valence-corrected chi connectivity index (χ2v) is 6.06. The van der Waals surface area contributed by atoms with Crippen LogP contribution in [0.1, 0.15) is 33.1 Å². The quantitative estimate of drug-likeness (QED) is 0.753. The summed E-state index contributed by atoms with van der Waals surface area (Å²) in [6.45, 7) is 7.70. The van der Waals surface area contributed by atoms with Crippen molar-refractivity contribution in [2.24, 2.45) is 5.41 Å². The van der Waals surface area contributed by atoms with Gasteiger partial charge in [0.15, 0.2) is 0 Å². The van der Waals surface area contributed by atoms with E-state index in [0.29, 0.717) is 18.6 Å². The number of hydrogen-bond donors (Lipinski definition) is 1. The van der Waals surface area contributed by atoms with E-state index in [1.165, 1.54) is 0 Å². The average Bonchev–Trinajstić information content (AvgIpc) is 2.33. The van der Waals surface area contributed by atoms with E-state index in [1.807, 2.05) is 0 Å². The van der Waals surface area contributed by atoms with Crippen LogP contribution < -0.4 is 0 Å². The van der Waals surface area contributed by atoms with Gasteiger partial charge >= 0.3 is 0 Å². The van der Waals surface area contributed by atoms with Gasteiger partial charge in [-0.25, -0.2) is 0 Å². The molecular formula is C14H29NO3. The van der Waals surface area contributed by atoms with Crippen molar-refractivity contribution in [3.05, 3.63) is 0 Å². The summed E-state index contributed by atoms with van der Waals surface area (Å²) in [5.74, 6) is 0. The molecule has 0 aromatic rings. The van der Waals surface area contributed by atoms with Gasteiger partial charge in [-0.3, -0.25) is 4.90 Å². The first-order valence-electron chi connectivity index (χ1n) is 6.90. The van der Waals surface area contributed by atoms with Crippen LogP contribution in [-0.2, 0) is 9.47 Å². The lowest BCUT2D eigenvalue weighted by Gasteiger charge is -2.44. The molecule has 0 amide bonds. The van der Waals surface area contributed by atoms with Crippen molar-refractivity contribution in [2.45, 2.75) is 45.3 Å². The molecule has 1 fully saturated rings. The Morgan fingerprint density at radius 1 is 1.17 bits per heavy atom. The number of rotatable bonds is 7. The summed E-state index contributed by atoms with van der Waals surface area (Å²) in [4.78, 5) is 2.32. The van der Waals surface area contributed by atoms with Crippen LogP contribution in [-0.4, -0.2) is 62.7 Å². The van der Waals surface area contributed by atoms with Gasteiger partial charge in [-0.2, -0.15) is 0 Å². The molecule has 1 rings (SSSR count). The summed E-state index contributed by atoms with van der Waals surface area (Å²) in [5.41, 5.74) is 0.322. The number of aliphatic hydroxyl groups excluding tert-OH is 1. The number of ether oxygens (including phenoxy) is 2. The molecule has 1 aliphatic carbocycles. The van der Waals surface area contributed by atoms with Gasteiger partial charge in [-0.05, 0) is 24.7 Å². The normalized spacial score (nSPS) is 27.7. The SMILES string of the molecule is COCCN(CCOC)C1CC(C)(C)CCC1O. The molecule has 4 nitrogen and oxygen atoms in total. The molecule has 1 N–H and O–H groups in total. The van der Waals surface area contributed by atoms with E-state index in [1.54, 1.807) is 14.2 Å². The second-order valence-electron chi connectivity index (χ2n) is 6.06. The number of aliphatic hydroxyl groups is 1. The van der Waals surface area contributed by atoms with E-state index >= 15 is 0 Å². The average molecular weight is 259 g/mol. The van der Waals surface area contributed by atoms with Crippen molar-refractivity contribution in [2.75, 3.05) is 40.5 Å². The van der Waals surface area contributed by atoms with Crippen LogP contribution in [0.4, 0.5) is 0 Å². The highest BCUT2D eigenvalue weighted by molar-refractivity contribution is 4.90. The standard InChI is InChI=1S/C14H29NO3/c1-14(2)6-5-13(16)12(11-14)15(7-9-17-3)8-10-18-4/h12-13,16H,5-11H2,1-4H3. The van der Waals surface area contributed by atoms with Crippen LogP contribution in [0.2, 0.25) is 0 Å². The van der Waals surface area contributed by atoms with E-state index < -0.39 is 0 Å². The topological polar surface area (TPSA) is 41.9 Å². The Labute approximate surface area is 111 Å². The molecule has 0 radical (unpaired) electrons. The molecule has 0 aliphatic heterocycles. The summed E-state index contributed by atoms with van der Waals surface area (Å²) in [7, 11) is 3.44. The molecule has 0 aromatic carbocycles. The first-order valence-corrected chi connectivity index (χ1v) is 6.90. The lowest BCUT2D eigenvalue weighted by Crippen LogP contribution is -2.51. The zero-order valence-electron chi connectivity index (χ0n) is 12.3. The Hall–Kier alpha value is -0.160. The van der Waals surface area contributed by atoms with Gasteiger partial charge in [0.1, 0.15) is 0 Å². The van der Waals surface area contributed by atoms with E-state index in [2.05, 4.69) is 18.7 Å². The van der Waals surface area contributed by atoms with Gasteiger partial charge in [0.2, 0.25) is 0 Å². The maximum Gasteiger partial charge on any atom is 0.0695 e. The zero-order chi connectivity index (χ0) is 13.6. The Morgan fingerprint density at radius 3 is 2.22 bits per heavy atom. The monoisotopic (exact) mass is 259 g/mol. The fourth-order valence-corrected chi connectivity index (χ4v) is 2.77. The predicted molar refractivity (Wildman–Crippen MR) is 72.8 cm³/mol. The highest BCUT2D eigenvalue weighted by atomic mass is 16.5. The third-order valence-electron chi connectivity index (χ3n) is 3.96. The summed E-state index contributed by atoms with van der Waals surface area (Å²) in [6, 6.07) is 0.235. The van der Waals surface area contributed by atoms with Crippen LogP contribution in [0, 0.1) is 5.41 Å². The molecule has 2 atom stereocenters. The lowest BCUT2D eigenvalue weighted by molar-refractivity contribution is -0.0312. The van der Waals surface area contributed by atoms with Gasteiger partial charge in [-0.1, -0.05) is 13.8 Å². The van der Waals surface area contributed by atoms with Crippen LogP contribution in [0.25, 0.3) is 0 Å². The van der Waals surface area contributed by atoms with Crippen LogP contribution in [0.15, 0.2) is 0 Å². The van der Waals surface area contributed by atoms with Crippen molar-refractivity contribution in [1.29, 1.82) is 0 Å². The van der Waals surface area contributed by atoms with Crippen molar-refractivity contribution in [3.63, 3.8) is 0 Å². The van der Waals surface area contributed by atoms with Crippen molar-refractivity contribution in [1.82, 2.24) is 4.90 Å². The summed E-state index contributed by atoms with van der Waals surface area (Å²) in [5, 5.41) is 10.2. The van der Waals surface area contributed by atoms with Gasteiger partial charge in [0.05, 0.1) is 19.3 Å². The Morgan fingerprint density at radius 2 is 1.72 bits per heavy atom. The highest BCUT2D eigenvalue weighted by Gasteiger charge is 2.36. The van der Waals surface area contributed by atoms with Crippen LogP contribution >= 0.6 is 0 Å². The molecule has 4 heteroatoms. The minimum atomic E-state index is -0.216. The summed E-state index contributed by atoms with van der Waals surface area (Å²) >= 11 is 0. The molecule has 0 bridgehead atoms. The third kappa shape index (κ3) is 4.84. The van der Waals surface area contributed by atoms with Crippen LogP contribution in [0.3, 0.4) is 0 Å². The Kier molecular flexibility index (Phi) is 6.57. The largest absolute Gasteiger partial charge is 0.391 e. The number of hydrogen-bond acceptors (Lipinski definition) is 4. The van der Waals surface area contributed by atoms with Crippen LogP contribution in [0.5, 0.6) is 0 Å². The van der Waals surface area contributed by atoms with Crippen molar-refractivity contribution in [3.8, 4) is 0 Å². The van der Waals surface area contributed by atoms with Gasteiger partial charge < -0.3 is 14.6 Å². The Bertz CT molecular complexity index is 225. The lowest BCUT2D eigenvalue weighted by atomic mass is 9.73. The molecule has 0 heterocycles. The van der Waals surface area contributed by atoms with E-state index in [0.717, 1.165) is 32.4 Å². The molecule has 18 heavy (non-hydrogen) atoms.